The van der Waals surface area contributed by atoms with Gasteiger partial charge in [-0.1, -0.05) is 29.8 Å². The molecular weight excluding hydrogens is 280 g/mol. The number of carbonyl (C=O) groups is 1. The maximum Gasteiger partial charge on any atom is 0.329 e. The summed E-state index contributed by atoms with van der Waals surface area (Å²) >= 11 is 6.20. The number of carboxylic acids is 1. The summed E-state index contributed by atoms with van der Waals surface area (Å²) < 4.78 is 1.41. The smallest absolute Gasteiger partial charge is 0.329 e. The van der Waals surface area contributed by atoms with Crippen LogP contribution in [0.2, 0.25) is 5.02 Å². The highest BCUT2D eigenvalue weighted by Gasteiger charge is 2.38. The van der Waals surface area contributed by atoms with Crippen LogP contribution in [0.3, 0.4) is 0 Å². The average Bonchev–Trinajstić information content (AvgIpc) is 2.78. The second-order valence-corrected chi connectivity index (χ2v) is 5.19. The number of nitrogens with zero attached hydrogens (tertiary/aromatic N) is 3. The molecule has 0 fully saturated rings. The molecule has 1 aliphatic rings. The third kappa shape index (κ3) is 2.02. The highest BCUT2D eigenvalue weighted by molar-refractivity contribution is 6.31. The van der Waals surface area contributed by atoms with E-state index in [1.165, 1.54) is 4.68 Å². The minimum Gasteiger partial charge on any atom is -0.480 e. The highest BCUT2D eigenvalue weighted by atomic mass is 35.5. The minimum absolute atomic E-state index is 0.103. The van der Waals surface area contributed by atoms with Crippen LogP contribution in [-0.2, 0) is 11.2 Å². The molecule has 1 aliphatic heterocycles. The Morgan fingerprint density at radius 1 is 1.45 bits per heavy atom. The molecule has 6 nitrogen and oxygen atoms in total. The Balaban J connectivity index is 2.09. The molecule has 2 heterocycles. The van der Waals surface area contributed by atoms with Gasteiger partial charge in [0.05, 0.1) is 0 Å². The van der Waals surface area contributed by atoms with E-state index in [1.54, 1.807) is 6.07 Å². The number of carboxylic acid groups (broad SMARTS) is 1. The average molecular weight is 293 g/mol. The lowest BCUT2D eigenvalue weighted by atomic mass is 9.85. The topological polar surface area (TPSA) is 94.0 Å². The summed E-state index contributed by atoms with van der Waals surface area (Å²) in [5, 5.41) is 14.1. The molecule has 3 rings (SSSR count). The minimum atomic E-state index is -0.958. The van der Waals surface area contributed by atoms with Crippen molar-refractivity contribution in [3.63, 3.8) is 0 Å². The standard InChI is InChI=1S/C13H13ClN4O2/c14-9-4-2-1-3-7(9)8-5-6-10-16-13(15)17-18(10)11(8)12(19)20/h1-4,8,11H,5-6H2,(H2,15,17)(H,19,20). The zero-order valence-corrected chi connectivity index (χ0v) is 11.3. The van der Waals surface area contributed by atoms with Crippen molar-refractivity contribution >= 4 is 23.5 Å². The first-order valence-corrected chi connectivity index (χ1v) is 6.64. The van der Waals surface area contributed by atoms with Crippen molar-refractivity contribution in [3.05, 3.63) is 40.7 Å². The zero-order valence-electron chi connectivity index (χ0n) is 10.5. The fourth-order valence-electron chi connectivity index (χ4n) is 2.76. The number of halogens is 1. The van der Waals surface area contributed by atoms with Crippen molar-refractivity contribution < 1.29 is 9.90 Å². The van der Waals surface area contributed by atoms with Gasteiger partial charge in [-0.25, -0.2) is 9.48 Å². The first kappa shape index (κ1) is 12.9. The molecule has 1 aromatic carbocycles. The largest absolute Gasteiger partial charge is 0.480 e. The summed E-state index contributed by atoms with van der Waals surface area (Å²) in [7, 11) is 0. The molecule has 7 heteroatoms. The van der Waals surface area contributed by atoms with Crippen LogP contribution in [0.25, 0.3) is 0 Å². The maximum atomic E-state index is 11.6. The van der Waals surface area contributed by atoms with E-state index in [4.69, 9.17) is 17.3 Å². The Hall–Kier alpha value is -2.08. The molecule has 2 unspecified atom stereocenters. The molecule has 1 aromatic heterocycles. The Kier molecular flexibility index (Phi) is 3.10. The van der Waals surface area contributed by atoms with Crippen molar-refractivity contribution in [2.24, 2.45) is 0 Å². The first-order chi connectivity index (χ1) is 9.58. The number of nitrogens with two attached hydrogens (primary N) is 1. The van der Waals surface area contributed by atoms with Crippen LogP contribution in [-0.4, -0.2) is 25.8 Å². The molecule has 0 radical (unpaired) electrons. The van der Waals surface area contributed by atoms with Gasteiger partial charge in [-0.2, -0.15) is 4.98 Å². The number of rotatable bonds is 2. The number of anilines is 1. The van der Waals surface area contributed by atoms with Crippen molar-refractivity contribution in [1.82, 2.24) is 14.8 Å². The van der Waals surface area contributed by atoms with Gasteiger partial charge in [0.15, 0.2) is 6.04 Å². The molecule has 0 spiro atoms. The highest BCUT2D eigenvalue weighted by Crippen LogP contribution is 2.40. The molecule has 2 atom stereocenters. The summed E-state index contributed by atoms with van der Waals surface area (Å²) in [5.74, 6) is -0.486. The summed E-state index contributed by atoms with van der Waals surface area (Å²) in [6.45, 7) is 0. The molecular formula is C13H13ClN4O2. The molecule has 2 aromatic rings. The maximum absolute atomic E-state index is 11.6. The Morgan fingerprint density at radius 3 is 2.90 bits per heavy atom. The zero-order chi connectivity index (χ0) is 14.3. The van der Waals surface area contributed by atoms with E-state index in [2.05, 4.69) is 10.1 Å². The SMILES string of the molecule is Nc1nc2n(n1)C(C(=O)O)C(c1ccccc1Cl)CC2. The van der Waals surface area contributed by atoms with Crippen LogP contribution in [0, 0.1) is 0 Å². The van der Waals surface area contributed by atoms with E-state index < -0.39 is 12.0 Å². The first-order valence-electron chi connectivity index (χ1n) is 6.26. The van der Waals surface area contributed by atoms with Crippen LogP contribution in [0.1, 0.15) is 29.8 Å². The molecule has 3 N–H and O–H groups in total. The third-order valence-corrected chi connectivity index (χ3v) is 3.94. The second kappa shape index (κ2) is 4.79. The number of hydrogen-bond donors (Lipinski definition) is 2. The predicted molar refractivity (Wildman–Crippen MR) is 73.6 cm³/mol. The Bertz CT molecular complexity index is 670. The molecule has 0 saturated carbocycles. The van der Waals surface area contributed by atoms with E-state index in [0.29, 0.717) is 23.7 Å². The number of aliphatic carboxylic acids is 1. The number of aryl methyl sites for hydroxylation is 1. The van der Waals surface area contributed by atoms with Gasteiger partial charge < -0.3 is 10.8 Å². The van der Waals surface area contributed by atoms with Crippen molar-refractivity contribution in [3.8, 4) is 0 Å². The van der Waals surface area contributed by atoms with Gasteiger partial charge >= 0.3 is 5.97 Å². The van der Waals surface area contributed by atoms with Gasteiger partial charge in [0.2, 0.25) is 5.95 Å². The number of benzene rings is 1. The van der Waals surface area contributed by atoms with E-state index in [0.717, 1.165) is 5.56 Å². The Morgan fingerprint density at radius 2 is 2.20 bits per heavy atom. The summed E-state index contributed by atoms with van der Waals surface area (Å²) in [4.78, 5) is 15.7. The molecule has 0 bridgehead atoms. The molecule has 0 amide bonds. The van der Waals surface area contributed by atoms with Crippen LogP contribution in [0.5, 0.6) is 0 Å². The molecule has 0 aliphatic carbocycles. The number of fused-ring (bicyclic) bond motifs is 1. The van der Waals surface area contributed by atoms with Crippen molar-refractivity contribution in [2.75, 3.05) is 5.73 Å². The number of nitrogen functional groups attached to an aromatic ring is 1. The van der Waals surface area contributed by atoms with Crippen LogP contribution in [0.4, 0.5) is 5.95 Å². The van der Waals surface area contributed by atoms with Crippen molar-refractivity contribution in [2.45, 2.75) is 24.8 Å². The van der Waals surface area contributed by atoms with Crippen molar-refractivity contribution in [1.29, 1.82) is 0 Å². The molecule has 104 valence electrons. The lowest BCUT2D eigenvalue weighted by Crippen LogP contribution is -2.32. The second-order valence-electron chi connectivity index (χ2n) is 4.78. The molecule has 20 heavy (non-hydrogen) atoms. The lowest BCUT2D eigenvalue weighted by Gasteiger charge is -2.29. The predicted octanol–water partition coefficient (Wildman–Crippen LogP) is 1.87. The fraction of sp³-hybridized carbons (Fsp3) is 0.308. The van der Waals surface area contributed by atoms with Crippen LogP contribution in [0.15, 0.2) is 24.3 Å². The van der Waals surface area contributed by atoms with Gasteiger partial charge in [0.25, 0.3) is 0 Å². The van der Waals surface area contributed by atoms with E-state index in [1.807, 2.05) is 18.2 Å². The summed E-state index contributed by atoms with van der Waals surface area (Å²) in [5.41, 5.74) is 6.39. The third-order valence-electron chi connectivity index (χ3n) is 3.60. The number of aromatic nitrogens is 3. The summed E-state index contributed by atoms with van der Waals surface area (Å²) in [6.07, 6.45) is 1.28. The van der Waals surface area contributed by atoms with E-state index >= 15 is 0 Å². The van der Waals surface area contributed by atoms with Gasteiger partial charge in [-0.15, -0.1) is 5.10 Å². The fourth-order valence-corrected chi connectivity index (χ4v) is 3.03. The molecule has 0 saturated heterocycles. The van der Waals surface area contributed by atoms with Gasteiger partial charge in [-0.3, -0.25) is 0 Å². The number of hydrogen-bond acceptors (Lipinski definition) is 4. The lowest BCUT2D eigenvalue weighted by molar-refractivity contribution is -0.142. The van der Waals surface area contributed by atoms with E-state index in [-0.39, 0.29) is 11.9 Å². The van der Waals surface area contributed by atoms with Crippen LogP contribution < -0.4 is 5.73 Å². The van der Waals surface area contributed by atoms with Gasteiger partial charge in [0.1, 0.15) is 5.82 Å². The summed E-state index contributed by atoms with van der Waals surface area (Å²) in [6, 6.07) is 6.47. The quantitative estimate of drug-likeness (QED) is 0.881. The van der Waals surface area contributed by atoms with E-state index in [9.17, 15) is 9.90 Å². The van der Waals surface area contributed by atoms with Gasteiger partial charge in [0, 0.05) is 17.4 Å². The normalized spacial score (nSPS) is 21.4. The van der Waals surface area contributed by atoms with Crippen LogP contribution >= 0.6 is 11.6 Å². The Labute approximate surface area is 120 Å². The monoisotopic (exact) mass is 292 g/mol. The van der Waals surface area contributed by atoms with Gasteiger partial charge in [-0.05, 0) is 18.1 Å².